The molecule has 0 radical (unpaired) electrons. The summed E-state index contributed by atoms with van der Waals surface area (Å²) in [6.45, 7) is 9.67. The fourth-order valence-corrected chi connectivity index (χ4v) is 10.1. The maximum Gasteiger partial charge on any atom is 0.308 e. The van der Waals surface area contributed by atoms with Gasteiger partial charge < -0.3 is 28.7 Å². The van der Waals surface area contributed by atoms with Crippen molar-refractivity contribution < 1.29 is 38.1 Å². The average molecular weight is 1040 g/mol. The summed E-state index contributed by atoms with van der Waals surface area (Å²) in [6, 6.07) is 22.8. The van der Waals surface area contributed by atoms with Gasteiger partial charge in [0.2, 0.25) is 11.8 Å². The number of nitrogens with zero attached hydrogens (tertiary/aromatic N) is 6. The first kappa shape index (κ1) is 51.4. The highest BCUT2D eigenvalue weighted by atomic mass is 35.5. The van der Waals surface area contributed by atoms with Crippen LogP contribution in [0.4, 0.5) is 22.7 Å². The average Bonchev–Trinajstić information content (AvgIpc) is 3.37. The van der Waals surface area contributed by atoms with E-state index in [4.69, 9.17) is 65.4 Å². The van der Waals surface area contributed by atoms with E-state index in [-0.39, 0.29) is 51.0 Å². The van der Waals surface area contributed by atoms with Gasteiger partial charge >= 0.3 is 11.9 Å². The first-order chi connectivity index (χ1) is 34.0. The number of fused-ring (bicyclic) bond motifs is 2. The Morgan fingerprint density at radius 1 is 0.486 bits per heavy atom. The Hall–Kier alpha value is -4.96. The SMILES string of the molecule is O=C(CCC(=O)OCN1C(=O)CCc2ccc(OCCCCN3CCN(c4cccc(Cl)c4Cl)CC3)cc21)OCN1C(=O)CCc2ccc(OCCCCN3CCN(c4cccc(Cl)c4Cl)CC3)cc21. The highest BCUT2D eigenvalue weighted by Crippen LogP contribution is 2.36. The topological polar surface area (TPSA) is 125 Å². The van der Waals surface area contributed by atoms with Crippen LogP contribution in [-0.2, 0) is 41.5 Å². The molecule has 0 saturated carbocycles. The highest BCUT2D eigenvalue weighted by molar-refractivity contribution is 6.44. The normalized spacial score (nSPS) is 16.5. The number of hydrogen-bond donors (Lipinski definition) is 0. The van der Waals surface area contributed by atoms with Crippen LogP contribution in [0, 0.1) is 0 Å². The number of carbonyl (C=O) groups excluding carboxylic acids is 4. The minimum atomic E-state index is -0.651. The van der Waals surface area contributed by atoms with Crippen molar-refractivity contribution in [1.82, 2.24) is 9.80 Å². The summed E-state index contributed by atoms with van der Waals surface area (Å²) in [5.41, 5.74) is 5.14. The third kappa shape index (κ3) is 13.5. The van der Waals surface area contributed by atoms with Crippen molar-refractivity contribution in [3.63, 3.8) is 0 Å². The first-order valence-corrected chi connectivity index (χ1v) is 25.8. The molecule has 18 heteroatoms. The van der Waals surface area contributed by atoms with E-state index in [1.807, 2.05) is 60.7 Å². The van der Waals surface area contributed by atoms with Gasteiger partial charge in [-0.05, 0) is 99.1 Å². The van der Waals surface area contributed by atoms with Gasteiger partial charge in [0.05, 0.1) is 68.9 Å². The molecule has 4 aliphatic rings. The van der Waals surface area contributed by atoms with Gasteiger partial charge in [-0.15, -0.1) is 0 Å². The van der Waals surface area contributed by atoms with Crippen molar-refractivity contribution in [3.8, 4) is 11.5 Å². The van der Waals surface area contributed by atoms with E-state index in [0.29, 0.717) is 69.0 Å². The summed E-state index contributed by atoms with van der Waals surface area (Å²) in [4.78, 5) is 64.1. The summed E-state index contributed by atoms with van der Waals surface area (Å²) >= 11 is 25.4. The second-order valence-electron chi connectivity index (χ2n) is 17.9. The molecule has 0 aromatic heterocycles. The molecule has 0 bridgehead atoms. The minimum absolute atomic E-state index is 0.169. The number of anilines is 4. The van der Waals surface area contributed by atoms with Crippen molar-refractivity contribution >= 4 is 92.9 Å². The molecule has 0 N–H and O–H groups in total. The lowest BCUT2D eigenvalue weighted by molar-refractivity contribution is -0.151. The van der Waals surface area contributed by atoms with Gasteiger partial charge in [0.1, 0.15) is 11.5 Å². The smallest absolute Gasteiger partial charge is 0.308 e. The number of halogens is 4. The van der Waals surface area contributed by atoms with Crippen molar-refractivity contribution in [2.24, 2.45) is 0 Å². The van der Waals surface area contributed by atoms with Crippen molar-refractivity contribution in [1.29, 1.82) is 0 Å². The Morgan fingerprint density at radius 2 is 0.900 bits per heavy atom. The maximum absolute atomic E-state index is 13.0. The second-order valence-corrected chi connectivity index (χ2v) is 19.5. The molecule has 0 aliphatic carbocycles. The number of carbonyl (C=O) groups is 4. The second kappa shape index (κ2) is 24.9. The zero-order valence-electron chi connectivity index (χ0n) is 39.4. The van der Waals surface area contributed by atoms with Crippen LogP contribution >= 0.6 is 46.4 Å². The molecule has 8 rings (SSSR count). The van der Waals surface area contributed by atoms with E-state index >= 15 is 0 Å². The van der Waals surface area contributed by atoms with E-state index in [1.165, 1.54) is 9.80 Å². The van der Waals surface area contributed by atoms with Crippen LogP contribution in [0.5, 0.6) is 11.5 Å². The van der Waals surface area contributed by atoms with Crippen LogP contribution in [-0.4, -0.2) is 126 Å². The van der Waals surface area contributed by atoms with Crippen LogP contribution in [0.15, 0.2) is 72.8 Å². The van der Waals surface area contributed by atoms with Crippen LogP contribution < -0.4 is 29.1 Å². The van der Waals surface area contributed by atoms with Gasteiger partial charge in [0, 0.05) is 77.3 Å². The number of benzene rings is 4. The minimum Gasteiger partial charge on any atom is -0.494 e. The monoisotopic (exact) mass is 1040 g/mol. The zero-order chi connectivity index (χ0) is 49.0. The van der Waals surface area contributed by atoms with Crippen LogP contribution in [0.3, 0.4) is 0 Å². The fraction of sp³-hybridized carbons (Fsp3) is 0.462. The van der Waals surface area contributed by atoms with E-state index < -0.39 is 11.9 Å². The summed E-state index contributed by atoms with van der Waals surface area (Å²) in [5.74, 6) is -0.376. The number of ether oxygens (including phenoxy) is 4. The fourth-order valence-electron chi connectivity index (χ4n) is 9.27. The van der Waals surface area contributed by atoms with E-state index in [1.54, 1.807) is 12.1 Å². The number of esters is 2. The molecule has 0 atom stereocenters. The number of hydrogen-bond acceptors (Lipinski definition) is 12. The van der Waals surface area contributed by atoms with Gasteiger partial charge in [-0.3, -0.25) is 38.8 Å². The van der Waals surface area contributed by atoms with Crippen molar-refractivity contribution in [2.45, 2.75) is 64.2 Å². The molecular weight excluding hydrogens is 978 g/mol. The molecule has 4 aromatic carbocycles. The molecule has 2 saturated heterocycles. The van der Waals surface area contributed by atoms with E-state index in [9.17, 15) is 19.2 Å². The number of unbranched alkanes of at least 4 members (excludes halogenated alkanes) is 2. The summed E-state index contributed by atoms with van der Waals surface area (Å²) < 4.78 is 23.2. The largest absolute Gasteiger partial charge is 0.494 e. The number of amides is 2. The van der Waals surface area contributed by atoms with Gasteiger partial charge in [-0.25, -0.2) is 0 Å². The molecule has 14 nitrogen and oxygen atoms in total. The van der Waals surface area contributed by atoms with Gasteiger partial charge in [-0.1, -0.05) is 70.7 Å². The summed E-state index contributed by atoms with van der Waals surface area (Å²) in [7, 11) is 0. The van der Waals surface area contributed by atoms with Gasteiger partial charge in [0.15, 0.2) is 13.5 Å². The lowest BCUT2D eigenvalue weighted by atomic mass is 10.0. The molecule has 2 fully saturated rings. The predicted octanol–water partition coefficient (Wildman–Crippen LogP) is 9.30. The molecular formula is C52H60Cl4N6O8. The number of piperazine rings is 2. The van der Waals surface area contributed by atoms with Crippen LogP contribution in [0.25, 0.3) is 0 Å². The molecule has 2 amide bonds. The standard InChI is InChI=1S/C52H60Cl4N6O8/c53-41-7-5-9-43(51(41)55)59-27-23-57(24-28-59)21-1-3-31-67-39-15-11-37-13-17-47(63)61(45(37)33-39)35-69-49(65)19-20-50(66)70-36-62-46-34-40(16-12-38(46)14-18-48(62)64)68-32-4-2-22-58-25-29-60(30-26-58)44-10-6-8-42(54)52(44)56/h5-12,15-16,33-34H,1-4,13-14,17-32,35-36H2. The van der Waals surface area contributed by atoms with E-state index in [0.717, 1.165) is 114 Å². The first-order valence-electron chi connectivity index (χ1n) is 24.3. The Kier molecular flexibility index (Phi) is 18.3. The highest BCUT2D eigenvalue weighted by Gasteiger charge is 2.28. The maximum atomic E-state index is 13.0. The number of rotatable bonds is 21. The third-order valence-corrected chi connectivity index (χ3v) is 14.9. The lowest BCUT2D eigenvalue weighted by Crippen LogP contribution is -2.46. The molecule has 70 heavy (non-hydrogen) atoms. The Labute approximate surface area is 430 Å². The molecule has 0 unspecified atom stereocenters. The van der Waals surface area contributed by atoms with Gasteiger partial charge in [0.25, 0.3) is 0 Å². The Morgan fingerprint density at radius 3 is 1.31 bits per heavy atom. The van der Waals surface area contributed by atoms with Crippen LogP contribution in [0.2, 0.25) is 20.1 Å². The summed E-state index contributed by atoms with van der Waals surface area (Å²) in [5, 5.41) is 2.33. The molecule has 374 valence electrons. The quantitative estimate of drug-likeness (QED) is 0.0584. The van der Waals surface area contributed by atoms with E-state index in [2.05, 4.69) is 19.6 Å². The van der Waals surface area contributed by atoms with Crippen molar-refractivity contribution in [2.75, 3.05) is 112 Å². The predicted molar refractivity (Wildman–Crippen MR) is 275 cm³/mol. The van der Waals surface area contributed by atoms with Crippen molar-refractivity contribution in [3.05, 3.63) is 104 Å². The molecule has 4 aliphatic heterocycles. The van der Waals surface area contributed by atoms with Gasteiger partial charge in [-0.2, -0.15) is 0 Å². The lowest BCUT2D eigenvalue weighted by Gasteiger charge is -2.36. The molecule has 0 spiro atoms. The third-order valence-electron chi connectivity index (χ3n) is 13.3. The number of aryl methyl sites for hydroxylation is 2. The summed E-state index contributed by atoms with van der Waals surface area (Å²) in [6.07, 6.45) is 4.89. The van der Waals surface area contributed by atoms with Crippen LogP contribution in [0.1, 0.15) is 62.5 Å². The molecule has 4 heterocycles. The Bertz CT molecular complexity index is 2310. The molecule has 4 aromatic rings. The zero-order valence-corrected chi connectivity index (χ0v) is 42.4. The Balaban J connectivity index is 0.715.